The maximum Gasteiger partial charge on any atom is 0.310 e. The van der Waals surface area contributed by atoms with Gasteiger partial charge in [-0.05, 0) is 36.0 Å². The van der Waals surface area contributed by atoms with Crippen molar-refractivity contribution in [2.24, 2.45) is 0 Å². The van der Waals surface area contributed by atoms with Crippen LogP contribution in [0.3, 0.4) is 0 Å². The Kier molecular flexibility index (Phi) is 3.65. The first-order chi connectivity index (χ1) is 5.70. The Morgan fingerprint density at radius 3 is 2.67 bits per heavy atom. The molecule has 0 aliphatic rings. The number of thiocarbonyl (C=S) groups is 1. The number of hydrogen-bond acceptors (Lipinski definition) is 4. The third-order valence-electron chi connectivity index (χ3n) is 1.06. The Labute approximate surface area is 85.8 Å². The molecule has 12 heavy (non-hydrogen) atoms. The molecule has 0 spiro atoms. The van der Waals surface area contributed by atoms with Crippen molar-refractivity contribution < 1.29 is 9.78 Å². The van der Waals surface area contributed by atoms with E-state index in [1.165, 1.54) is 0 Å². The summed E-state index contributed by atoms with van der Waals surface area (Å²) in [7, 11) is 0. The van der Waals surface area contributed by atoms with Gasteiger partial charge in [0.25, 0.3) is 0 Å². The van der Waals surface area contributed by atoms with Crippen LogP contribution in [0, 0.1) is 0 Å². The van der Waals surface area contributed by atoms with Gasteiger partial charge in [0.1, 0.15) is 0 Å². The number of rotatable bonds is 2. The van der Waals surface area contributed by atoms with Crippen molar-refractivity contribution in [1.82, 2.24) is 0 Å². The maximum atomic E-state index is 5.24. The number of hydrogen-bond donors (Lipinski definition) is 1. The monoisotopic (exact) mass is 220 g/mol. The largest absolute Gasteiger partial charge is 0.310 e. The van der Waals surface area contributed by atoms with Gasteiger partial charge in [0, 0.05) is 0 Å². The van der Waals surface area contributed by atoms with Crippen LogP contribution in [0.4, 0.5) is 0 Å². The summed E-state index contributed by atoms with van der Waals surface area (Å²) in [6.07, 6.45) is 0. The summed E-state index contributed by atoms with van der Waals surface area (Å²) in [6, 6.07) is 7.07. The van der Waals surface area contributed by atoms with E-state index in [0.29, 0.717) is 10.6 Å². The highest BCUT2D eigenvalue weighted by atomic mass is 35.5. The fourth-order valence-corrected chi connectivity index (χ4v) is 0.869. The molecule has 2 nitrogen and oxygen atoms in total. The molecule has 0 bridgehead atoms. The lowest BCUT2D eigenvalue weighted by Gasteiger charge is -2.03. The zero-order valence-electron chi connectivity index (χ0n) is 5.86. The summed E-state index contributed by atoms with van der Waals surface area (Å²) in [4.78, 5) is 9.86. The highest BCUT2D eigenvalue weighted by molar-refractivity contribution is 7.82. The van der Waals surface area contributed by atoms with Crippen LogP contribution in [-0.2, 0) is 4.89 Å². The SMILES string of the molecule is S=C(Cl)OOc1ccccc1S. The van der Waals surface area contributed by atoms with Crippen molar-refractivity contribution in [2.45, 2.75) is 4.90 Å². The number of thiol groups is 1. The molecule has 5 heteroatoms. The standard InChI is InChI=1S/C7H5ClO2S2/c8-7(12)10-9-5-3-1-2-4-6(5)11/h1-4,11H. The molecular formula is C7H5ClO2S2. The van der Waals surface area contributed by atoms with Gasteiger partial charge in [-0.1, -0.05) is 12.1 Å². The predicted octanol–water partition coefficient (Wildman–Crippen LogP) is 2.81. The Bertz CT molecular complexity index is 290. The van der Waals surface area contributed by atoms with Crippen molar-refractivity contribution >= 4 is 41.0 Å². The fourth-order valence-electron chi connectivity index (χ4n) is 0.605. The van der Waals surface area contributed by atoms with E-state index in [0.717, 1.165) is 0 Å². The lowest BCUT2D eigenvalue weighted by molar-refractivity contribution is -0.112. The lowest BCUT2D eigenvalue weighted by atomic mass is 10.3. The molecule has 0 saturated heterocycles. The first kappa shape index (κ1) is 9.64. The average molecular weight is 221 g/mol. The second-order valence-electron chi connectivity index (χ2n) is 1.87. The lowest BCUT2D eigenvalue weighted by Crippen LogP contribution is -1.98. The van der Waals surface area contributed by atoms with E-state index in [1.54, 1.807) is 18.2 Å². The van der Waals surface area contributed by atoms with Gasteiger partial charge in [-0.3, -0.25) is 9.78 Å². The van der Waals surface area contributed by atoms with Crippen LogP contribution in [0.25, 0.3) is 0 Å². The van der Waals surface area contributed by atoms with Gasteiger partial charge in [-0.15, -0.1) is 12.6 Å². The topological polar surface area (TPSA) is 18.5 Å². The van der Waals surface area contributed by atoms with E-state index in [9.17, 15) is 0 Å². The molecule has 1 aromatic rings. The molecule has 1 aromatic carbocycles. The molecule has 0 fully saturated rings. The van der Waals surface area contributed by atoms with E-state index < -0.39 is 0 Å². The van der Waals surface area contributed by atoms with E-state index >= 15 is 0 Å². The third kappa shape index (κ3) is 2.89. The first-order valence-electron chi connectivity index (χ1n) is 3.02. The van der Waals surface area contributed by atoms with Crippen molar-refractivity contribution in [3.05, 3.63) is 24.3 Å². The summed E-state index contributed by atoms with van der Waals surface area (Å²) < 4.78 is -0.188. The van der Waals surface area contributed by atoms with Gasteiger partial charge >= 0.3 is 4.51 Å². The molecule has 0 aliphatic carbocycles. The average Bonchev–Trinajstić information content (AvgIpc) is 2.03. The highest BCUT2D eigenvalue weighted by Gasteiger charge is 2.00. The molecule has 0 atom stereocenters. The minimum absolute atomic E-state index is 0.188. The molecular weight excluding hydrogens is 216 g/mol. The van der Waals surface area contributed by atoms with E-state index in [1.807, 2.05) is 6.07 Å². The molecule has 0 heterocycles. The smallest absolute Gasteiger partial charge is 0.287 e. The second kappa shape index (κ2) is 4.54. The van der Waals surface area contributed by atoms with Crippen LogP contribution in [0.15, 0.2) is 29.2 Å². The van der Waals surface area contributed by atoms with Gasteiger partial charge in [-0.2, -0.15) is 0 Å². The fraction of sp³-hybridized carbons (Fsp3) is 0. The van der Waals surface area contributed by atoms with Crippen molar-refractivity contribution in [3.63, 3.8) is 0 Å². The summed E-state index contributed by atoms with van der Waals surface area (Å²) in [5, 5.41) is 0. The number of halogens is 1. The van der Waals surface area contributed by atoms with Crippen LogP contribution < -0.4 is 4.89 Å². The predicted molar refractivity (Wildman–Crippen MR) is 53.9 cm³/mol. The molecule has 0 N–H and O–H groups in total. The number of benzene rings is 1. The Morgan fingerprint density at radius 2 is 2.08 bits per heavy atom. The molecule has 0 amide bonds. The van der Waals surface area contributed by atoms with Crippen molar-refractivity contribution in [3.8, 4) is 5.75 Å². The maximum absolute atomic E-state index is 5.24. The Morgan fingerprint density at radius 1 is 1.42 bits per heavy atom. The van der Waals surface area contributed by atoms with Crippen LogP contribution in [0.1, 0.15) is 0 Å². The van der Waals surface area contributed by atoms with Gasteiger partial charge in [0.15, 0.2) is 5.75 Å². The molecule has 0 saturated carbocycles. The number of para-hydroxylation sites is 1. The molecule has 0 aromatic heterocycles. The van der Waals surface area contributed by atoms with Gasteiger partial charge in [0.2, 0.25) is 0 Å². The zero-order chi connectivity index (χ0) is 8.97. The normalized spacial score (nSPS) is 9.17. The summed E-state index contributed by atoms with van der Waals surface area (Å²) >= 11 is 13.8. The molecule has 64 valence electrons. The van der Waals surface area contributed by atoms with Crippen LogP contribution in [0.2, 0.25) is 0 Å². The molecule has 0 aliphatic heterocycles. The molecule has 1 rings (SSSR count). The van der Waals surface area contributed by atoms with Gasteiger partial charge in [0.05, 0.1) is 4.90 Å². The summed E-state index contributed by atoms with van der Waals surface area (Å²) in [5.41, 5.74) is 0. The van der Waals surface area contributed by atoms with Crippen molar-refractivity contribution in [1.29, 1.82) is 0 Å². The summed E-state index contributed by atoms with van der Waals surface area (Å²) in [5.74, 6) is 0.476. The van der Waals surface area contributed by atoms with Crippen LogP contribution in [-0.4, -0.2) is 4.51 Å². The molecule has 0 unspecified atom stereocenters. The summed E-state index contributed by atoms with van der Waals surface area (Å²) in [6.45, 7) is 0. The van der Waals surface area contributed by atoms with Gasteiger partial charge in [-0.25, -0.2) is 0 Å². The molecule has 0 radical (unpaired) electrons. The van der Waals surface area contributed by atoms with Gasteiger partial charge < -0.3 is 0 Å². The van der Waals surface area contributed by atoms with E-state index in [-0.39, 0.29) is 4.51 Å². The first-order valence-corrected chi connectivity index (χ1v) is 4.25. The quantitative estimate of drug-likeness (QED) is 0.272. The van der Waals surface area contributed by atoms with Crippen LogP contribution in [0.5, 0.6) is 5.75 Å². The second-order valence-corrected chi connectivity index (χ2v) is 3.29. The Balaban J connectivity index is 2.63. The minimum Gasteiger partial charge on any atom is -0.287 e. The van der Waals surface area contributed by atoms with E-state index in [4.69, 9.17) is 16.5 Å². The Hall–Kier alpha value is -0.450. The third-order valence-corrected chi connectivity index (χ3v) is 1.56. The zero-order valence-corrected chi connectivity index (χ0v) is 8.33. The van der Waals surface area contributed by atoms with E-state index in [2.05, 4.69) is 29.7 Å². The highest BCUT2D eigenvalue weighted by Crippen LogP contribution is 2.21. The minimum atomic E-state index is -0.188. The van der Waals surface area contributed by atoms with Crippen LogP contribution >= 0.6 is 36.4 Å². The van der Waals surface area contributed by atoms with Crippen molar-refractivity contribution in [2.75, 3.05) is 0 Å².